The molecule has 122 heavy (non-hydrogen) atoms. The van der Waals surface area contributed by atoms with E-state index in [-0.39, 0.29) is 238 Å². The summed E-state index contributed by atoms with van der Waals surface area (Å²) >= 11 is 0. The van der Waals surface area contributed by atoms with Crippen molar-refractivity contribution >= 4 is 21.5 Å². The fourth-order valence-corrected chi connectivity index (χ4v) is 6.09. The topological polar surface area (TPSA) is 0 Å². The van der Waals surface area contributed by atoms with Crippen molar-refractivity contribution in [2.75, 3.05) is 0 Å². The molecular weight excluding hydrogens is 1850 g/mol. The average molecular weight is 2060 g/mol. The number of rotatable bonds is 0. The van der Waals surface area contributed by atoms with Gasteiger partial charge in [0.05, 0.1) is 0 Å². The molecule has 0 saturated carbocycles. The van der Waals surface area contributed by atoms with E-state index in [0.717, 1.165) is 0 Å². The molecule has 0 N–H and O–H groups in total. The third kappa shape index (κ3) is 190. The molecule has 0 aliphatic rings. The van der Waals surface area contributed by atoms with Gasteiger partial charge in [0.15, 0.2) is 0 Å². The first-order chi connectivity index (χ1) is 52.9. The molecule has 0 bridgehead atoms. The zero-order chi connectivity index (χ0) is 85.9. The maximum atomic E-state index is 2.12. The van der Waals surface area contributed by atoms with Crippen molar-refractivity contribution in [3.05, 3.63) is 460 Å². The Labute approximate surface area is 903 Å². The van der Waals surface area contributed by atoms with Crippen LogP contribution in [0.3, 0.4) is 0 Å². The second-order valence-corrected chi connectivity index (χ2v) is 16.4. The molecule has 699 valence electrons. The van der Waals surface area contributed by atoms with Crippen molar-refractivity contribution in [1.29, 1.82) is 0 Å². The standard InChI is InChI=1S/2C10H8.5C7H8.3C6H6.17C2H6.10CH3.5Y/c2*1-2-6-10-8-4-3-7-9(10)5-1;5*1-7-5-3-2-4-6-7;3*1-2-4-6-5-3-1;17*1-2;;;;;;;;;;;;;;;/h2*1-8H;5*2-6H,1H3;3*1-6H;17*1-2H3;10*1H3;;;;;/q;;;;;;;;;;;;;;;;;;;;;;;;;;;10*-1;;;;;. The van der Waals surface area contributed by atoms with Crippen LogP contribution in [0.1, 0.15) is 263 Å². The minimum atomic E-state index is 0. The summed E-state index contributed by atoms with van der Waals surface area (Å²) in [6.07, 6.45) is 0. The van der Waals surface area contributed by atoms with Gasteiger partial charge in [0.2, 0.25) is 0 Å². The Balaban J connectivity index is -0.0000000262. The van der Waals surface area contributed by atoms with Crippen LogP contribution in [0.15, 0.2) is 358 Å². The van der Waals surface area contributed by atoms with Gasteiger partial charge in [0, 0.05) is 164 Å². The maximum absolute atomic E-state index is 2.12. The number of hydrogen-bond acceptors (Lipinski definition) is 0. The molecule has 0 aliphatic heterocycles. The molecule has 0 aliphatic carbocycles. The van der Waals surface area contributed by atoms with Crippen LogP contribution in [0.4, 0.5) is 0 Å². The van der Waals surface area contributed by atoms with Gasteiger partial charge in [-0.05, 0) is 56.2 Å². The van der Waals surface area contributed by atoms with Crippen LogP contribution in [0.5, 0.6) is 0 Å². The summed E-state index contributed by atoms with van der Waals surface area (Å²) in [5, 5.41) is 5.24. The van der Waals surface area contributed by atoms with Crippen LogP contribution >= 0.6 is 0 Å². The first-order valence-corrected chi connectivity index (χ1v) is 41.9. The zero-order valence-electron chi connectivity index (χ0n) is 90.5. The van der Waals surface area contributed by atoms with E-state index in [0.29, 0.717) is 0 Å². The normalized spacial score (nSPS) is 6.16. The van der Waals surface area contributed by atoms with Crippen LogP contribution in [-0.4, -0.2) is 0 Å². The SMILES string of the molecule is CC.CC.CC.CC.CC.CC.CC.CC.CC.CC.CC.CC.CC.CC.CC.CC.CC.Cc1ccccc1.Cc1ccccc1.Cc1ccccc1.Cc1ccccc1.Cc1ccccc1.[CH3-].[CH3-].[CH3-].[CH3-].[CH3-].[CH3-].[CH3-].[CH3-].[CH3-].[CH3-].[Y].[Y].[Y].[Y].[Y].c1ccc2ccccc2c1.c1ccc2ccccc2c1.c1ccccc1.c1ccccc1.c1ccccc1. The van der Waals surface area contributed by atoms with E-state index in [4.69, 9.17) is 0 Å². The average Bonchev–Trinajstić information content (AvgIpc) is 0.879. The van der Waals surface area contributed by atoms with Crippen LogP contribution < -0.4 is 0 Å². The van der Waals surface area contributed by atoms with E-state index in [1.165, 1.54) is 49.4 Å². The predicted molar refractivity (Wildman–Crippen MR) is 580 cm³/mol. The minimum Gasteiger partial charge on any atom is -0.358 e. The summed E-state index contributed by atoms with van der Waals surface area (Å²) in [5.41, 5.74) is 6.61. The van der Waals surface area contributed by atoms with Crippen LogP contribution in [0, 0.1) is 109 Å². The molecule has 5 heteroatoms. The molecule has 0 fully saturated rings. The van der Waals surface area contributed by atoms with Gasteiger partial charge in [0.25, 0.3) is 0 Å². The zero-order valence-corrected chi connectivity index (χ0v) is 105. The molecule has 0 nitrogen and oxygen atoms in total. The number of fused-ring (bicyclic) bond motifs is 2. The largest absolute Gasteiger partial charge is 0.358 e. The molecule has 0 heterocycles. The molecule has 12 rings (SSSR count). The fraction of sp³-hybridized carbons (Fsp3) is 0.333. The van der Waals surface area contributed by atoms with Crippen LogP contribution in [0.25, 0.3) is 21.5 Å². The van der Waals surface area contributed by atoms with E-state index in [1.54, 1.807) is 0 Å². The van der Waals surface area contributed by atoms with E-state index in [9.17, 15) is 0 Å². The van der Waals surface area contributed by atoms with Gasteiger partial charge in [-0.1, -0.05) is 621 Å². The van der Waals surface area contributed by atoms with Crippen molar-refractivity contribution in [3.63, 3.8) is 0 Å². The predicted octanol–water partition coefficient (Wildman–Crippen LogP) is 42.7. The van der Waals surface area contributed by atoms with Crippen molar-refractivity contribution in [3.8, 4) is 0 Å². The molecule has 0 amide bonds. The summed E-state index contributed by atoms with van der Waals surface area (Å²) in [7, 11) is 0. The summed E-state index contributed by atoms with van der Waals surface area (Å²) in [6.45, 7) is 78.4. The van der Waals surface area contributed by atoms with Gasteiger partial charge in [-0.15, -0.1) is 0 Å². The Bertz CT molecular complexity index is 2450. The van der Waals surface area contributed by atoms with Gasteiger partial charge < -0.3 is 74.3 Å². The van der Waals surface area contributed by atoms with Gasteiger partial charge in [-0.2, -0.15) is 0 Å². The summed E-state index contributed by atoms with van der Waals surface area (Å²) in [4.78, 5) is 0. The Morgan fingerprint density at radius 2 is 0.139 bits per heavy atom. The smallest absolute Gasteiger partial charge is 0 e. The van der Waals surface area contributed by atoms with E-state index >= 15 is 0 Å². The third-order valence-electron chi connectivity index (χ3n) is 10.0. The molecule has 0 aromatic heterocycles. The molecule has 0 atom stereocenters. The molecule has 0 saturated heterocycles. The Morgan fingerprint density at radius 3 is 0.189 bits per heavy atom. The summed E-state index contributed by atoms with van der Waals surface area (Å²) < 4.78 is 0. The summed E-state index contributed by atoms with van der Waals surface area (Å²) in [6, 6.07) is 121. The Kier molecular flexibility index (Phi) is 401. The van der Waals surface area contributed by atoms with E-state index in [2.05, 4.69) is 192 Å². The molecular formula is C117H206Y5-10. The quantitative estimate of drug-likeness (QED) is 0.133. The third-order valence-corrected chi connectivity index (χ3v) is 10.0. The van der Waals surface area contributed by atoms with Gasteiger partial charge in [-0.3, -0.25) is 0 Å². The molecule has 0 spiro atoms. The molecule has 12 aromatic rings. The molecule has 0 unspecified atom stereocenters. The molecule has 5 radical (unpaired) electrons. The summed E-state index contributed by atoms with van der Waals surface area (Å²) in [5.74, 6) is 0. The van der Waals surface area contributed by atoms with Gasteiger partial charge in [0.1, 0.15) is 0 Å². The van der Waals surface area contributed by atoms with Crippen molar-refractivity contribution in [2.24, 2.45) is 0 Å². The number of benzene rings is 12. The first kappa shape index (κ1) is 209. The van der Waals surface area contributed by atoms with Crippen molar-refractivity contribution < 1.29 is 164 Å². The Hall–Kier alpha value is -3.32. The van der Waals surface area contributed by atoms with Gasteiger partial charge >= 0.3 is 0 Å². The van der Waals surface area contributed by atoms with Crippen molar-refractivity contribution in [1.82, 2.24) is 0 Å². The number of aryl methyl sites for hydroxylation is 5. The second kappa shape index (κ2) is 234. The van der Waals surface area contributed by atoms with E-state index < -0.39 is 0 Å². The molecule has 12 aromatic carbocycles. The maximum Gasteiger partial charge on any atom is 0 e. The second-order valence-electron chi connectivity index (χ2n) is 16.4. The van der Waals surface area contributed by atoms with Crippen molar-refractivity contribution in [2.45, 2.75) is 270 Å². The van der Waals surface area contributed by atoms with E-state index in [1.807, 2.05) is 436 Å². The van der Waals surface area contributed by atoms with Crippen LogP contribution in [0.2, 0.25) is 0 Å². The Morgan fingerprint density at radius 1 is 0.0902 bits per heavy atom. The fourth-order valence-electron chi connectivity index (χ4n) is 6.09. The monoisotopic (exact) mass is 2060 g/mol. The first-order valence-electron chi connectivity index (χ1n) is 41.9. The van der Waals surface area contributed by atoms with Crippen LogP contribution in [-0.2, 0) is 164 Å². The minimum absolute atomic E-state index is 0. The number of hydrogen-bond donors (Lipinski definition) is 0. The van der Waals surface area contributed by atoms with Gasteiger partial charge in [-0.25, -0.2) is 0 Å².